The molecule has 0 saturated carbocycles. The first-order valence-corrected chi connectivity index (χ1v) is 15.9. The molecule has 6 atom stereocenters. The monoisotopic (exact) mass is 694 g/mol. The van der Waals surface area contributed by atoms with E-state index in [0.717, 1.165) is 18.0 Å². The van der Waals surface area contributed by atoms with Gasteiger partial charge in [-0.1, -0.05) is 19.9 Å². The fourth-order valence-electron chi connectivity index (χ4n) is 4.61. The minimum Gasteiger partial charge on any atom is -0.370 e. The number of amides is 9. The smallest absolute Gasteiger partial charge is 0.268 e. The maximum atomic E-state index is 14.4. The summed E-state index contributed by atoms with van der Waals surface area (Å²) in [5.41, 5.74) is 13.9. The van der Waals surface area contributed by atoms with Crippen LogP contribution in [0.1, 0.15) is 47.0 Å². The number of carbonyl (C=O) groups is 9. The number of hydrogen-bond donors (Lipinski definition) is 10. The van der Waals surface area contributed by atoms with E-state index in [0.29, 0.717) is 0 Å². The van der Waals surface area contributed by atoms with Crippen molar-refractivity contribution in [1.29, 1.82) is 0 Å². The first-order valence-electron chi connectivity index (χ1n) is 14.8. The van der Waals surface area contributed by atoms with Crippen LogP contribution in [0, 0.1) is 5.92 Å². The molecule has 2 rings (SSSR count). The van der Waals surface area contributed by atoms with E-state index in [4.69, 9.17) is 17.2 Å². The van der Waals surface area contributed by atoms with Crippen LogP contribution in [0.3, 0.4) is 0 Å². The highest BCUT2D eigenvalue weighted by Gasteiger charge is 2.47. The third kappa shape index (κ3) is 10.8. The fourth-order valence-corrected chi connectivity index (χ4v) is 5.48. The predicted molar refractivity (Wildman–Crippen MR) is 171 cm³/mol. The van der Waals surface area contributed by atoms with Crippen LogP contribution in [0.15, 0.2) is 23.4 Å². The molecular formula is C28H42N10O9S. The topological polar surface area (TPSA) is 316 Å². The molecule has 2 aliphatic heterocycles. The molecule has 264 valence electrons. The molecule has 1 saturated heterocycles. The highest BCUT2D eigenvalue weighted by atomic mass is 32.2. The average Bonchev–Trinajstić information content (AvgIpc) is 2.99. The van der Waals surface area contributed by atoms with E-state index < -0.39 is 114 Å². The summed E-state index contributed by atoms with van der Waals surface area (Å²) >= 11 is 0.868. The molecule has 19 nitrogen and oxygen atoms in total. The van der Waals surface area contributed by atoms with E-state index >= 15 is 0 Å². The number of rotatable bonds is 7. The number of nitrogens with one attached hydrogen (secondary N) is 7. The van der Waals surface area contributed by atoms with Crippen molar-refractivity contribution in [3.8, 4) is 0 Å². The lowest BCUT2D eigenvalue weighted by atomic mass is 9.89. The quantitative estimate of drug-likeness (QED) is 0.113. The molecule has 2 unspecified atom stereocenters. The number of thioether (sulfide) groups is 1. The normalized spacial score (nSPS) is 28.4. The molecule has 2 heterocycles. The minimum atomic E-state index is -2.17. The summed E-state index contributed by atoms with van der Waals surface area (Å²) in [6, 6.07) is -7.26. The molecule has 0 radical (unpaired) electrons. The van der Waals surface area contributed by atoms with Crippen molar-refractivity contribution in [2.24, 2.45) is 23.1 Å². The van der Waals surface area contributed by atoms with E-state index in [1.54, 1.807) is 13.8 Å². The van der Waals surface area contributed by atoms with Crippen LogP contribution in [-0.4, -0.2) is 94.7 Å². The van der Waals surface area contributed by atoms with Gasteiger partial charge < -0.3 is 54.4 Å². The van der Waals surface area contributed by atoms with Crippen molar-refractivity contribution in [3.05, 3.63) is 23.4 Å². The molecule has 20 heteroatoms. The van der Waals surface area contributed by atoms with E-state index in [-0.39, 0.29) is 11.4 Å². The van der Waals surface area contributed by atoms with Gasteiger partial charge in [0.2, 0.25) is 47.3 Å². The molecule has 0 aromatic rings. The van der Waals surface area contributed by atoms with Crippen molar-refractivity contribution in [1.82, 2.24) is 37.2 Å². The Labute approximate surface area is 280 Å². The predicted octanol–water partition coefficient (Wildman–Crippen LogP) is -4.71. The summed E-state index contributed by atoms with van der Waals surface area (Å²) in [6.07, 6.45) is 0.329. The zero-order valence-electron chi connectivity index (χ0n) is 26.8. The molecule has 1 fully saturated rings. The maximum absolute atomic E-state index is 14.4. The molecule has 0 aromatic carbocycles. The van der Waals surface area contributed by atoms with Gasteiger partial charge in [0.25, 0.3) is 5.91 Å². The average molecular weight is 695 g/mol. The molecule has 0 aliphatic carbocycles. The first kappa shape index (κ1) is 39.2. The van der Waals surface area contributed by atoms with Gasteiger partial charge in [0.15, 0.2) is 0 Å². The number of primary amides is 2. The molecule has 1 spiro atoms. The van der Waals surface area contributed by atoms with Crippen molar-refractivity contribution >= 4 is 64.9 Å². The van der Waals surface area contributed by atoms with Gasteiger partial charge in [0.1, 0.15) is 35.4 Å². The van der Waals surface area contributed by atoms with Gasteiger partial charge >= 0.3 is 0 Å². The van der Waals surface area contributed by atoms with Crippen LogP contribution in [0.4, 0.5) is 0 Å². The van der Waals surface area contributed by atoms with Gasteiger partial charge in [0.05, 0.1) is 18.9 Å². The lowest BCUT2D eigenvalue weighted by molar-refractivity contribution is -0.139. The van der Waals surface area contributed by atoms with Crippen molar-refractivity contribution in [2.75, 3.05) is 5.75 Å². The van der Waals surface area contributed by atoms with Crippen LogP contribution in [-0.2, 0) is 43.2 Å². The Morgan fingerprint density at radius 3 is 2.08 bits per heavy atom. The second-order valence-electron chi connectivity index (χ2n) is 11.6. The highest BCUT2D eigenvalue weighted by molar-refractivity contribution is 8.02. The van der Waals surface area contributed by atoms with Gasteiger partial charge in [-0.2, -0.15) is 0 Å². The Morgan fingerprint density at radius 1 is 0.938 bits per heavy atom. The van der Waals surface area contributed by atoms with Crippen LogP contribution in [0.25, 0.3) is 0 Å². The molecule has 0 bridgehead atoms. The molecule has 13 N–H and O–H groups in total. The summed E-state index contributed by atoms with van der Waals surface area (Å²) in [4.78, 5) is 117. The summed E-state index contributed by atoms with van der Waals surface area (Å²) in [6.45, 7) is 6.04. The number of allylic oxidation sites excluding steroid dienone is 1. The van der Waals surface area contributed by atoms with Crippen LogP contribution < -0.4 is 54.4 Å². The minimum absolute atomic E-state index is 0.245. The number of hydrogen-bond acceptors (Lipinski definition) is 11. The summed E-state index contributed by atoms with van der Waals surface area (Å²) in [5.74, 6) is -9.46. The van der Waals surface area contributed by atoms with Crippen molar-refractivity contribution in [2.45, 2.75) is 82.7 Å². The highest BCUT2D eigenvalue weighted by Crippen LogP contribution is 2.24. The Balaban J connectivity index is 2.81. The second-order valence-corrected chi connectivity index (χ2v) is 12.5. The molecule has 0 aromatic heterocycles. The lowest BCUT2D eigenvalue weighted by Crippen LogP contribution is -2.68. The largest absolute Gasteiger partial charge is 0.370 e. The molecule has 2 aliphatic rings. The Morgan fingerprint density at radius 2 is 1.54 bits per heavy atom. The molecule has 9 amide bonds. The Kier molecular flexibility index (Phi) is 14.1. The second kappa shape index (κ2) is 17.3. The van der Waals surface area contributed by atoms with Crippen molar-refractivity contribution in [3.63, 3.8) is 0 Å². The standard InChI is InChI=1S/C28H42N10O9S/c1-5-14-23(43)37-20(12(2)3)26(46)38-28(10-17(25(45)33-14)35-21(41)13(4)29)11-48-7-6-32-22(42)15(8-18(30)39)34-24(44)16(9-19(31)40)36-27(28)47/h5-7,12-13,15-17,20H,8-11,29H2,1-4H3,(H2,30,39)(H2,31,40)(H,32,42)(H,33,45)(H,34,44)(H,35,41)(H,36,47)(H,37,43)(H,38,46)/b7-6-,14-5-/t13-,15-,16-,17?,20-,28?/m0/s1. The first-order chi connectivity index (χ1) is 22.4. The van der Waals surface area contributed by atoms with Crippen LogP contribution in [0.5, 0.6) is 0 Å². The van der Waals surface area contributed by atoms with E-state index in [2.05, 4.69) is 37.2 Å². The third-order valence-corrected chi connectivity index (χ3v) is 8.20. The summed E-state index contributed by atoms with van der Waals surface area (Å²) in [5, 5.41) is 18.3. The summed E-state index contributed by atoms with van der Waals surface area (Å²) < 4.78 is 0. The van der Waals surface area contributed by atoms with Crippen molar-refractivity contribution < 1.29 is 43.2 Å². The zero-order valence-corrected chi connectivity index (χ0v) is 27.7. The Bertz CT molecular complexity index is 1400. The molecular weight excluding hydrogens is 652 g/mol. The maximum Gasteiger partial charge on any atom is 0.268 e. The van der Waals surface area contributed by atoms with Crippen LogP contribution in [0.2, 0.25) is 0 Å². The number of carbonyl (C=O) groups excluding carboxylic acids is 9. The molecule has 48 heavy (non-hydrogen) atoms. The fraction of sp³-hybridized carbons (Fsp3) is 0.536. The van der Waals surface area contributed by atoms with Gasteiger partial charge in [-0.3, -0.25) is 43.2 Å². The van der Waals surface area contributed by atoms with E-state index in [1.807, 2.05) is 0 Å². The summed E-state index contributed by atoms with van der Waals surface area (Å²) in [7, 11) is 0. The zero-order chi connectivity index (χ0) is 36.3. The third-order valence-electron chi connectivity index (χ3n) is 7.21. The van der Waals surface area contributed by atoms with E-state index in [1.165, 1.54) is 25.3 Å². The van der Waals surface area contributed by atoms with Gasteiger partial charge in [-0.25, -0.2) is 0 Å². The number of nitrogens with two attached hydrogens (primary N) is 3. The van der Waals surface area contributed by atoms with Gasteiger partial charge in [0, 0.05) is 18.4 Å². The van der Waals surface area contributed by atoms with E-state index in [9.17, 15) is 43.2 Å². The Hall–Kier alpha value is -4.98. The lowest BCUT2D eigenvalue weighted by Gasteiger charge is -2.37. The van der Waals surface area contributed by atoms with Gasteiger partial charge in [-0.15, -0.1) is 11.8 Å². The SMILES string of the molecule is C/C=C1\NC(=O)C(NC(=O)[C@H](C)N)CC2(CS/C=C\NC(=O)[C@H](CC(N)=O)NC(=O)[C@H](CC(N)=O)NC2=O)NC(=O)[C@H](C(C)C)NC1=O. The van der Waals surface area contributed by atoms with Crippen LogP contribution >= 0.6 is 11.8 Å². The van der Waals surface area contributed by atoms with Gasteiger partial charge in [-0.05, 0) is 25.2 Å².